The van der Waals surface area contributed by atoms with Crippen molar-refractivity contribution in [3.63, 3.8) is 0 Å². The minimum Gasteiger partial charge on any atom is -0.364 e. The van der Waals surface area contributed by atoms with Gasteiger partial charge < -0.3 is 4.98 Å². The molecule has 1 N–H and O–H groups in total. The monoisotopic (exact) mass is 148 g/mol. The number of nitrogens with zero attached hydrogens (tertiary/aromatic N) is 1. The Hall–Kier alpha value is -1.23. The average Bonchev–Trinajstić information content (AvgIpc) is 2.34. The van der Waals surface area contributed by atoms with E-state index in [1.807, 2.05) is 6.92 Å². The fourth-order valence-corrected chi connectivity index (χ4v) is 1.23. The van der Waals surface area contributed by atoms with Crippen molar-refractivity contribution in [2.24, 2.45) is 0 Å². The third-order valence-corrected chi connectivity index (χ3v) is 1.83. The van der Waals surface area contributed by atoms with Gasteiger partial charge in [-0.2, -0.15) is 5.26 Å². The first-order chi connectivity index (χ1) is 5.29. The summed E-state index contributed by atoms with van der Waals surface area (Å²) in [4.78, 5) is 3.05. The Balaban J connectivity index is 3.00. The second kappa shape index (κ2) is 3.25. The SMILES string of the molecule is CCCc1c(C#N)c[nH]c1C. The van der Waals surface area contributed by atoms with Gasteiger partial charge in [0.2, 0.25) is 0 Å². The van der Waals surface area contributed by atoms with E-state index in [-0.39, 0.29) is 0 Å². The van der Waals surface area contributed by atoms with Gasteiger partial charge in [0.25, 0.3) is 0 Å². The Morgan fingerprint density at radius 3 is 2.91 bits per heavy atom. The van der Waals surface area contributed by atoms with Crippen LogP contribution in [0, 0.1) is 18.3 Å². The Morgan fingerprint density at radius 2 is 2.36 bits per heavy atom. The second-order valence-corrected chi connectivity index (χ2v) is 2.67. The minimum absolute atomic E-state index is 0.796. The van der Waals surface area contributed by atoms with Gasteiger partial charge in [-0.05, 0) is 18.9 Å². The summed E-state index contributed by atoms with van der Waals surface area (Å²) < 4.78 is 0. The Labute approximate surface area is 66.9 Å². The first kappa shape index (κ1) is 7.87. The Morgan fingerprint density at radius 1 is 1.64 bits per heavy atom. The highest BCUT2D eigenvalue weighted by Crippen LogP contribution is 2.13. The molecule has 2 heteroatoms. The topological polar surface area (TPSA) is 39.6 Å². The van der Waals surface area contributed by atoms with Gasteiger partial charge in [-0.15, -0.1) is 0 Å². The molecule has 0 aromatic carbocycles. The van der Waals surface area contributed by atoms with Crippen LogP contribution in [0.5, 0.6) is 0 Å². The molecule has 1 rings (SSSR count). The van der Waals surface area contributed by atoms with Crippen LogP contribution in [0.2, 0.25) is 0 Å². The number of aromatic amines is 1. The van der Waals surface area contributed by atoms with Crippen molar-refractivity contribution in [1.29, 1.82) is 5.26 Å². The van der Waals surface area contributed by atoms with Gasteiger partial charge in [-0.3, -0.25) is 0 Å². The summed E-state index contributed by atoms with van der Waals surface area (Å²) in [5.41, 5.74) is 3.10. The maximum absolute atomic E-state index is 8.69. The lowest BCUT2D eigenvalue weighted by atomic mass is 10.1. The van der Waals surface area contributed by atoms with E-state index in [2.05, 4.69) is 18.0 Å². The van der Waals surface area contributed by atoms with Crippen molar-refractivity contribution < 1.29 is 0 Å². The maximum Gasteiger partial charge on any atom is 0.101 e. The van der Waals surface area contributed by atoms with Crippen LogP contribution in [0.25, 0.3) is 0 Å². The molecule has 0 aliphatic carbocycles. The summed E-state index contributed by atoms with van der Waals surface area (Å²) in [6.07, 6.45) is 3.87. The highest BCUT2D eigenvalue weighted by Gasteiger charge is 2.04. The molecule has 11 heavy (non-hydrogen) atoms. The molecule has 0 aliphatic rings. The van der Waals surface area contributed by atoms with Crippen molar-refractivity contribution in [3.05, 3.63) is 23.0 Å². The summed E-state index contributed by atoms with van der Waals surface area (Å²) in [6.45, 7) is 4.12. The molecular weight excluding hydrogens is 136 g/mol. The summed E-state index contributed by atoms with van der Waals surface area (Å²) in [7, 11) is 0. The van der Waals surface area contributed by atoms with Crippen molar-refractivity contribution in [2.75, 3.05) is 0 Å². The summed E-state index contributed by atoms with van der Waals surface area (Å²) in [5.74, 6) is 0. The maximum atomic E-state index is 8.69. The van der Waals surface area contributed by atoms with E-state index in [4.69, 9.17) is 5.26 Å². The highest BCUT2D eigenvalue weighted by molar-refractivity contribution is 5.39. The van der Waals surface area contributed by atoms with Gasteiger partial charge in [0.05, 0.1) is 5.56 Å². The van der Waals surface area contributed by atoms with E-state index in [9.17, 15) is 0 Å². The summed E-state index contributed by atoms with van der Waals surface area (Å²) in [6, 6.07) is 2.17. The van der Waals surface area contributed by atoms with Crippen LogP contribution in [0.3, 0.4) is 0 Å². The minimum atomic E-state index is 0.796. The molecule has 2 nitrogen and oxygen atoms in total. The molecule has 0 radical (unpaired) electrons. The highest BCUT2D eigenvalue weighted by atomic mass is 14.7. The van der Waals surface area contributed by atoms with Gasteiger partial charge >= 0.3 is 0 Å². The quantitative estimate of drug-likeness (QED) is 0.685. The van der Waals surface area contributed by atoms with Crippen LogP contribution < -0.4 is 0 Å². The molecule has 0 amide bonds. The molecule has 1 heterocycles. The van der Waals surface area contributed by atoms with E-state index in [1.165, 1.54) is 5.56 Å². The third kappa shape index (κ3) is 1.43. The van der Waals surface area contributed by atoms with E-state index >= 15 is 0 Å². The van der Waals surface area contributed by atoms with E-state index in [0.29, 0.717) is 0 Å². The Kier molecular flexibility index (Phi) is 2.32. The molecule has 0 spiro atoms. The lowest BCUT2D eigenvalue weighted by Crippen LogP contribution is -1.86. The first-order valence-corrected chi connectivity index (χ1v) is 3.86. The number of nitriles is 1. The fraction of sp³-hybridized carbons (Fsp3) is 0.444. The van der Waals surface area contributed by atoms with Crippen LogP contribution in [0.15, 0.2) is 6.20 Å². The van der Waals surface area contributed by atoms with Crippen LogP contribution >= 0.6 is 0 Å². The predicted octanol–water partition coefficient (Wildman–Crippen LogP) is 2.15. The molecule has 1 aromatic heterocycles. The standard InChI is InChI=1S/C9H12N2/c1-3-4-9-7(2)11-6-8(9)5-10/h6,11H,3-4H2,1-2H3. The number of nitrogens with one attached hydrogen (secondary N) is 1. The molecule has 0 atom stereocenters. The lowest BCUT2D eigenvalue weighted by Gasteiger charge is -1.95. The van der Waals surface area contributed by atoms with Crippen LogP contribution in [0.1, 0.15) is 30.2 Å². The van der Waals surface area contributed by atoms with Crippen molar-refractivity contribution in [2.45, 2.75) is 26.7 Å². The molecule has 58 valence electrons. The number of aromatic nitrogens is 1. The van der Waals surface area contributed by atoms with Crippen LogP contribution in [-0.4, -0.2) is 4.98 Å². The van der Waals surface area contributed by atoms with E-state index in [0.717, 1.165) is 24.1 Å². The Bertz CT molecular complexity index is 278. The van der Waals surface area contributed by atoms with Gasteiger partial charge in [0.15, 0.2) is 0 Å². The molecule has 0 fully saturated rings. The molecule has 1 aromatic rings. The normalized spacial score (nSPS) is 9.55. The van der Waals surface area contributed by atoms with Crippen LogP contribution in [-0.2, 0) is 6.42 Å². The molecule has 0 aliphatic heterocycles. The average molecular weight is 148 g/mol. The van der Waals surface area contributed by atoms with Gasteiger partial charge in [-0.25, -0.2) is 0 Å². The third-order valence-electron chi connectivity index (χ3n) is 1.83. The fourth-order valence-electron chi connectivity index (χ4n) is 1.23. The smallest absolute Gasteiger partial charge is 0.101 e. The molecule has 0 unspecified atom stereocenters. The number of rotatable bonds is 2. The lowest BCUT2D eigenvalue weighted by molar-refractivity contribution is 0.910. The van der Waals surface area contributed by atoms with E-state index in [1.54, 1.807) is 6.20 Å². The first-order valence-electron chi connectivity index (χ1n) is 3.86. The van der Waals surface area contributed by atoms with Gasteiger partial charge in [0, 0.05) is 11.9 Å². The zero-order chi connectivity index (χ0) is 8.27. The molecule has 0 saturated carbocycles. The zero-order valence-electron chi connectivity index (χ0n) is 6.94. The largest absolute Gasteiger partial charge is 0.364 e. The zero-order valence-corrected chi connectivity index (χ0v) is 6.94. The summed E-state index contributed by atoms with van der Waals surface area (Å²) in [5, 5.41) is 8.69. The number of hydrogen-bond donors (Lipinski definition) is 1. The molecule has 0 bridgehead atoms. The van der Waals surface area contributed by atoms with Gasteiger partial charge in [0.1, 0.15) is 6.07 Å². The van der Waals surface area contributed by atoms with Crippen molar-refractivity contribution >= 4 is 0 Å². The summed E-state index contributed by atoms with van der Waals surface area (Å²) >= 11 is 0. The molecular formula is C9H12N2. The number of H-pyrrole nitrogens is 1. The van der Waals surface area contributed by atoms with Gasteiger partial charge in [-0.1, -0.05) is 13.3 Å². The van der Waals surface area contributed by atoms with Crippen molar-refractivity contribution in [1.82, 2.24) is 4.98 Å². The van der Waals surface area contributed by atoms with E-state index < -0.39 is 0 Å². The van der Waals surface area contributed by atoms with Crippen molar-refractivity contribution in [3.8, 4) is 6.07 Å². The number of hydrogen-bond acceptors (Lipinski definition) is 1. The molecule has 0 saturated heterocycles. The second-order valence-electron chi connectivity index (χ2n) is 2.67. The number of aryl methyl sites for hydroxylation is 1. The predicted molar refractivity (Wildman–Crippen MR) is 44.2 cm³/mol. The van der Waals surface area contributed by atoms with Crippen LogP contribution in [0.4, 0.5) is 0 Å².